The highest BCUT2D eigenvalue weighted by Crippen LogP contribution is 2.37. The zero-order valence-electron chi connectivity index (χ0n) is 13.9. The van der Waals surface area contributed by atoms with Gasteiger partial charge in [-0.3, -0.25) is 0 Å². The number of piperidine rings is 1. The Bertz CT molecular complexity index is 531. The van der Waals surface area contributed by atoms with E-state index in [0.717, 1.165) is 31.6 Å². The van der Waals surface area contributed by atoms with Gasteiger partial charge in [-0.2, -0.15) is 0 Å². The molecule has 4 nitrogen and oxygen atoms in total. The molecule has 0 radical (unpaired) electrons. The number of amides is 2. The van der Waals surface area contributed by atoms with Gasteiger partial charge in [0.1, 0.15) is 0 Å². The van der Waals surface area contributed by atoms with Crippen molar-refractivity contribution in [3.63, 3.8) is 0 Å². The van der Waals surface area contributed by atoms with Crippen LogP contribution in [0.2, 0.25) is 0 Å². The second kappa shape index (κ2) is 8.06. The number of nitrogens with zero attached hydrogens (tertiary/aromatic N) is 1. The average molecular weight is 334 g/mol. The summed E-state index contributed by atoms with van der Waals surface area (Å²) in [5, 5.41) is 6.88. The second-order valence-electron chi connectivity index (χ2n) is 6.72. The highest BCUT2D eigenvalue weighted by Gasteiger charge is 2.20. The molecule has 1 aliphatic heterocycles. The van der Waals surface area contributed by atoms with E-state index in [1.807, 2.05) is 23.9 Å². The third kappa shape index (κ3) is 4.88. The number of anilines is 1. The quantitative estimate of drug-likeness (QED) is 0.877. The number of likely N-dealkylation sites (tertiary alicyclic amines) is 1. The maximum absolute atomic E-state index is 12.3. The molecule has 0 spiro atoms. The molecule has 2 N–H and O–H groups in total. The molecule has 1 atom stereocenters. The first-order valence-electron chi connectivity index (χ1n) is 8.72. The minimum Gasteiger partial charge on any atom is -0.334 e. The van der Waals surface area contributed by atoms with Crippen LogP contribution in [0.5, 0.6) is 0 Å². The summed E-state index contributed by atoms with van der Waals surface area (Å²) in [6.45, 7) is 2.06. The van der Waals surface area contributed by atoms with Crippen molar-refractivity contribution in [2.24, 2.45) is 0 Å². The van der Waals surface area contributed by atoms with E-state index in [1.54, 1.807) is 0 Å². The fourth-order valence-corrected chi connectivity index (χ4v) is 4.82. The van der Waals surface area contributed by atoms with Crippen LogP contribution in [0.4, 0.5) is 10.5 Å². The number of nitrogens with one attached hydrogen (secondary N) is 2. The normalized spacial score (nSPS) is 22.9. The SMILES string of the molecule is CN1CCCC(NC(=O)Nc2ccccc2SC2CCCC2)C1. The number of urea groups is 1. The van der Waals surface area contributed by atoms with Crippen molar-refractivity contribution in [1.29, 1.82) is 0 Å². The Morgan fingerprint density at radius 1 is 1.17 bits per heavy atom. The Hall–Kier alpha value is -1.20. The largest absolute Gasteiger partial charge is 0.334 e. The van der Waals surface area contributed by atoms with E-state index >= 15 is 0 Å². The second-order valence-corrected chi connectivity index (χ2v) is 8.06. The summed E-state index contributed by atoms with van der Waals surface area (Å²) < 4.78 is 0. The molecule has 0 aromatic heterocycles. The highest BCUT2D eigenvalue weighted by atomic mass is 32.2. The first-order chi connectivity index (χ1) is 11.2. The van der Waals surface area contributed by atoms with Crippen molar-refractivity contribution >= 4 is 23.5 Å². The summed E-state index contributed by atoms with van der Waals surface area (Å²) >= 11 is 1.92. The molecule has 1 unspecified atom stereocenters. The Labute approximate surface area is 143 Å². The third-order valence-electron chi connectivity index (χ3n) is 4.69. The van der Waals surface area contributed by atoms with Gasteiger partial charge in [0, 0.05) is 22.7 Å². The molecule has 2 amide bonds. The Balaban J connectivity index is 1.57. The van der Waals surface area contributed by atoms with Crippen LogP contribution in [0, 0.1) is 0 Å². The fourth-order valence-electron chi connectivity index (χ4n) is 3.49. The molecule has 3 rings (SSSR count). The van der Waals surface area contributed by atoms with E-state index in [4.69, 9.17) is 0 Å². The minimum absolute atomic E-state index is 0.0789. The number of hydrogen-bond acceptors (Lipinski definition) is 3. The van der Waals surface area contributed by atoms with Gasteiger partial charge in [0.05, 0.1) is 5.69 Å². The fraction of sp³-hybridized carbons (Fsp3) is 0.611. The van der Waals surface area contributed by atoms with Crippen LogP contribution in [0.1, 0.15) is 38.5 Å². The molecule has 2 fully saturated rings. The van der Waals surface area contributed by atoms with Gasteiger partial charge in [-0.15, -0.1) is 11.8 Å². The van der Waals surface area contributed by atoms with Gasteiger partial charge in [-0.1, -0.05) is 25.0 Å². The van der Waals surface area contributed by atoms with Crippen LogP contribution in [0.3, 0.4) is 0 Å². The number of carbonyl (C=O) groups is 1. The van der Waals surface area contributed by atoms with Crippen LogP contribution in [-0.2, 0) is 0 Å². The molecule has 1 saturated carbocycles. The molecule has 1 aromatic rings. The van der Waals surface area contributed by atoms with E-state index in [9.17, 15) is 4.79 Å². The number of benzene rings is 1. The van der Waals surface area contributed by atoms with Gasteiger partial charge in [0.2, 0.25) is 0 Å². The van der Waals surface area contributed by atoms with Crippen molar-refractivity contribution in [3.05, 3.63) is 24.3 Å². The summed E-state index contributed by atoms with van der Waals surface area (Å²) in [5.41, 5.74) is 0.936. The summed E-state index contributed by atoms with van der Waals surface area (Å²) in [7, 11) is 2.11. The monoisotopic (exact) mass is 333 g/mol. The van der Waals surface area contributed by atoms with Crippen molar-refractivity contribution in [3.8, 4) is 0 Å². The van der Waals surface area contributed by atoms with Gasteiger partial charge < -0.3 is 15.5 Å². The zero-order chi connectivity index (χ0) is 16.1. The Morgan fingerprint density at radius 3 is 2.74 bits per heavy atom. The number of para-hydroxylation sites is 1. The number of rotatable bonds is 4. The minimum atomic E-state index is -0.0789. The molecule has 126 valence electrons. The smallest absolute Gasteiger partial charge is 0.319 e. The maximum atomic E-state index is 12.3. The van der Waals surface area contributed by atoms with E-state index in [1.165, 1.54) is 30.6 Å². The van der Waals surface area contributed by atoms with E-state index in [-0.39, 0.29) is 12.1 Å². The molecule has 0 bridgehead atoms. The van der Waals surface area contributed by atoms with Gasteiger partial charge in [0.15, 0.2) is 0 Å². The lowest BCUT2D eigenvalue weighted by atomic mass is 10.1. The van der Waals surface area contributed by atoms with Crippen LogP contribution in [0.15, 0.2) is 29.2 Å². The third-order valence-corrected chi connectivity index (χ3v) is 6.11. The molecule has 1 aromatic carbocycles. The lowest BCUT2D eigenvalue weighted by Gasteiger charge is -2.30. The summed E-state index contributed by atoms with van der Waals surface area (Å²) in [6, 6.07) is 8.34. The van der Waals surface area contributed by atoms with Gasteiger partial charge in [-0.25, -0.2) is 4.79 Å². The van der Waals surface area contributed by atoms with Crippen molar-refractivity contribution in [2.45, 2.75) is 54.7 Å². The van der Waals surface area contributed by atoms with Crippen LogP contribution in [-0.4, -0.2) is 42.4 Å². The average Bonchev–Trinajstić information content (AvgIpc) is 3.02. The zero-order valence-corrected chi connectivity index (χ0v) is 14.7. The lowest BCUT2D eigenvalue weighted by Crippen LogP contribution is -2.47. The van der Waals surface area contributed by atoms with E-state index in [2.05, 4.69) is 34.7 Å². The highest BCUT2D eigenvalue weighted by molar-refractivity contribution is 8.00. The first-order valence-corrected chi connectivity index (χ1v) is 9.60. The number of carbonyl (C=O) groups excluding carboxylic acids is 1. The molecule has 1 aliphatic carbocycles. The van der Waals surface area contributed by atoms with Crippen molar-refractivity contribution in [2.75, 3.05) is 25.5 Å². The van der Waals surface area contributed by atoms with Crippen molar-refractivity contribution in [1.82, 2.24) is 10.2 Å². The van der Waals surface area contributed by atoms with E-state index < -0.39 is 0 Å². The molecule has 5 heteroatoms. The van der Waals surface area contributed by atoms with Crippen LogP contribution < -0.4 is 10.6 Å². The lowest BCUT2D eigenvalue weighted by molar-refractivity contribution is 0.216. The van der Waals surface area contributed by atoms with Gasteiger partial charge >= 0.3 is 6.03 Å². The summed E-state index contributed by atoms with van der Waals surface area (Å²) in [4.78, 5) is 15.8. The molecule has 23 heavy (non-hydrogen) atoms. The van der Waals surface area contributed by atoms with Gasteiger partial charge in [-0.05, 0) is 51.4 Å². The predicted molar refractivity (Wildman–Crippen MR) is 97.2 cm³/mol. The molecular weight excluding hydrogens is 306 g/mol. The molecule has 1 saturated heterocycles. The summed E-state index contributed by atoms with van der Waals surface area (Å²) in [6.07, 6.45) is 7.47. The number of thioether (sulfide) groups is 1. The van der Waals surface area contributed by atoms with Crippen LogP contribution in [0.25, 0.3) is 0 Å². The van der Waals surface area contributed by atoms with Crippen LogP contribution >= 0.6 is 11.8 Å². The van der Waals surface area contributed by atoms with E-state index in [0.29, 0.717) is 5.25 Å². The van der Waals surface area contributed by atoms with Crippen molar-refractivity contribution < 1.29 is 4.79 Å². The predicted octanol–water partition coefficient (Wildman–Crippen LogP) is 3.94. The maximum Gasteiger partial charge on any atom is 0.319 e. The first kappa shape index (κ1) is 16.7. The molecule has 1 heterocycles. The summed E-state index contributed by atoms with van der Waals surface area (Å²) in [5.74, 6) is 0. The number of likely N-dealkylation sites (N-methyl/N-ethyl adjacent to an activating group) is 1. The Kier molecular flexibility index (Phi) is 5.84. The topological polar surface area (TPSA) is 44.4 Å². The standard InChI is InChI=1S/C18H27N3OS/c1-21-12-6-7-14(13-21)19-18(22)20-16-10-4-5-11-17(16)23-15-8-2-3-9-15/h4-5,10-11,14-15H,2-3,6-9,12-13H2,1H3,(H2,19,20,22). The van der Waals surface area contributed by atoms with Gasteiger partial charge in [0.25, 0.3) is 0 Å². The molecule has 2 aliphatic rings. The molecular formula is C18H27N3OS. The Morgan fingerprint density at radius 2 is 1.96 bits per heavy atom. The number of hydrogen-bond donors (Lipinski definition) is 2.